The highest BCUT2D eigenvalue weighted by molar-refractivity contribution is 5.87. The van der Waals surface area contributed by atoms with Gasteiger partial charge in [0.05, 0.1) is 12.7 Å². The number of hydrogen-bond donors (Lipinski definition) is 2. The van der Waals surface area contributed by atoms with Crippen LogP contribution >= 0.6 is 0 Å². The molecule has 0 heterocycles. The van der Waals surface area contributed by atoms with Crippen molar-refractivity contribution < 1.29 is 37.3 Å². The van der Waals surface area contributed by atoms with Crippen molar-refractivity contribution in [1.29, 1.82) is 0 Å². The number of nitrogens with one attached hydrogen (secondary N) is 1. The van der Waals surface area contributed by atoms with Crippen molar-refractivity contribution in [2.75, 3.05) is 7.11 Å². The summed E-state index contributed by atoms with van der Waals surface area (Å²) in [5, 5.41) is 12.7. The molecule has 2 N–H and O–H groups in total. The molecule has 0 fully saturated rings. The Kier molecular flexibility index (Phi) is 8.48. The van der Waals surface area contributed by atoms with E-state index in [9.17, 15) is 27.9 Å². The maximum atomic E-state index is 12.7. The molecule has 3 aromatic carbocycles. The third-order valence-electron chi connectivity index (χ3n) is 5.22. The van der Waals surface area contributed by atoms with Crippen LogP contribution in [0.15, 0.2) is 78.9 Å². The molecule has 35 heavy (non-hydrogen) atoms. The van der Waals surface area contributed by atoms with Gasteiger partial charge < -0.3 is 19.9 Å². The highest BCUT2D eigenvalue weighted by atomic mass is 19.4. The van der Waals surface area contributed by atoms with Crippen molar-refractivity contribution in [2.24, 2.45) is 0 Å². The Labute approximate surface area is 200 Å². The molecule has 3 rings (SSSR count). The van der Waals surface area contributed by atoms with E-state index in [1.54, 1.807) is 24.3 Å². The van der Waals surface area contributed by atoms with Crippen LogP contribution in [-0.4, -0.2) is 30.1 Å². The van der Waals surface area contributed by atoms with Gasteiger partial charge in [0.15, 0.2) is 6.10 Å². The fraction of sp³-hybridized carbons (Fsp3) is 0.231. The molecule has 0 aliphatic rings. The molecule has 0 bridgehead atoms. The number of aliphatic hydroxyl groups excluding tert-OH is 1. The number of hydrogen-bond acceptors (Lipinski definition) is 5. The Bertz CT molecular complexity index is 1120. The zero-order valence-electron chi connectivity index (χ0n) is 18.8. The summed E-state index contributed by atoms with van der Waals surface area (Å²) in [4.78, 5) is 24.7. The SMILES string of the molecule is COC(=O)[C@@H](Cc1ccc(OCc2ccccc2)cc1)NC(=O)[C@H](O)c1ccc(C(F)(F)F)cc1. The lowest BCUT2D eigenvalue weighted by molar-refractivity contribution is -0.146. The molecule has 0 unspecified atom stereocenters. The first kappa shape index (κ1) is 25.8. The van der Waals surface area contributed by atoms with Gasteiger partial charge in [0.2, 0.25) is 0 Å². The van der Waals surface area contributed by atoms with Gasteiger partial charge in [-0.2, -0.15) is 13.2 Å². The minimum absolute atomic E-state index is 0.0426. The first-order valence-electron chi connectivity index (χ1n) is 10.7. The molecular weight excluding hydrogens is 463 g/mol. The third-order valence-corrected chi connectivity index (χ3v) is 5.22. The van der Waals surface area contributed by atoms with Crippen LogP contribution in [0.1, 0.15) is 28.4 Å². The van der Waals surface area contributed by atoms with Crippen molar-refractivity contribution in [3.05, 3.63) is 101 Å². The molecule has 0 aliphatic heterocycles. The van der Waals surface area contributed by atoms with Crippen molar-refractivity contribution in [2.45, 2.75) is 31.3 Å². The van der Waals surface area contributed by atoms with Crippen molar-refractivity contribution in [3.8, 4) is 5.75 Å². The van der Waals surface area contributed by atoms with Gasteiger partial charge >= 0.3 is 12.1 Å². The largest absolute Gasteiger partial charge is 0.489 e. The first-order valence-corrected chi connectivity index (χ1v) is 10.7. The van der Waals surface area contributed by atoms with Gasteiger partial charge in [0.1, 0.15) is 18.4 Å². The molecule has 184 valence electrons. The summed E-state index contributed by atoms with van der Waals surface area (Å²) in [6.45, 7) is 0.392. The van der Waals surface area contributed by atoms with Gasteiger partial charge in [-0.15, -0.1) is 0 Å². The summed E-state index contributed by atoms with van der Waals surface area (Å²) >= 11 is 0. The van der Waals surface area contributed by atoms with E-state index in [1.807, 2.05) is 30.3 Å². The molecule has 0 aliphatic carbocycles. The smallest absolute Gasteiger partial charge is 0.416 e. The molecule has 9 heteroatoms. The molecule has 3 aromatic rings. The number of aliphatic hydroxyl groups is 1. The van der Waals surface area contributed by atoms with Gasteiger partial charge in [-0.05, 0) is 41.0 Å². The van der Waals surface area contributed by atoms with Crippen molar-refractivity contribution in [1.82, 2.24) is 5.32 Å². The number of carbonyl (C=O) groups excluding carboxylic acids is 2. The van der Waals surface area contributed by atoms with E-state index in [-0.39, 0.29) is 12.0 Å². The van der Waals surface area contributed by atoms with E-state index in [2.05, 4.69) is 5.32 Å². The predicted octanol–water partition coefficient (Wildman–Crippen LogP) is 4.22. The van der Waals surface area contributed by atoms with Crippen LogP contribution < -0.4 is 10.1 Å². The maximum Gasteiger partial charge on any atom is 0.416 e. The molecule has 1 amide bonds. The lowest BCUT2D eigenvalue weighted by atomic mass is 10.0. The summed E-state index contributed by atoms with van der Waals surface area (Å²) in [5.41, 5.74) is 0.755. The maximum absolute atomic E-state index is 12.7. The van der Waals surface area contributed by atoms with Gasteiger partial charge in [-0.3, -0.25) is 4.79 Å². The number of halogens is 3. The second-order valence-corrected chi connectivity index (χ2v) is 7.73. The van der Waals surface area contributed by atoms with Gasteiger partial charge in [-0.1, -0.05) is 54.6 Å². The Balaban J connectivity index is 1.62. The lowest BCUT2D eigenvalue weighted by Crippen LogP contribution is -2.45. The highest BCUT2D eigenvalue weighted by Gasteiger charge is 2.31. The summed E-state index contributed by atoms with van der Waals surface area (Å²) in [5.74, 6) is -1.06. The van der Waals surface area contributed by atoms with Crippen LogP contribution in [0.3, 0.4) is 0 Å². The van der Waals surface area contributed by atoms with Crippen LogP contribution in [0.5, 0.6) is 5.75 Å². The lowest BCUT2D eigenvalue weighted by Gasteiger charge is -2.19. The summed E-state index contributed by atoms with van der Waals surface area (Å²) in [6.07, 6.45) is -6.24. The Morgan fingerprint density at radius 1 is 0.914 bits per heavy atom. The molecule has 0 radical (unpaired) electrons. The summed E-state index contributed by atoms with van der Waals surface area (Å²) in [7, 11) is 1.16. The Morgan fingerprint density at radius 3 is 2.11 bits per heavy atom. The molecule has 0 saturated heterocycles. The normalized spacial score (nSPS) is 12.9. The van der Waals surface area contributed by atoms with Crippen molar-refractivity contribution in [3.63, 3.8) is 0 Å². The zero-order chi connectivity index (χ0) is 25.4. The quantitative estimate of drug-likeness (QED) is 0.442. The third kappa shape index (κ3) is 7.31. The minimum Gasteiger partial charge on any atom is -0.489 e. The average molecular weight is 487 g/mol. The van der Waals surface area contributed by atoms with E-state index in [0.717, 1.165) is 36.9 Å². The molecule has 2 atom stereocenters. The van der Waals surface area contributed by atoms with E-state index >= 15 is 0 Å². The fourth-order valence-corrected chi connectivity index (χ4v) is 3.29. The minimum atomic E-state index is -4.54. The van der Waals surface area contributed by atoms with E-state index in [4.69, 9.17) is 9.47 Å². The number of amides is 1. The number of methoxy groups -OCH3 is 1. The number of benzene rings is 3. The number of ether oxygens (including phenoxy) is 2. The van der Waals surface area contributed by atoms with Crippen LogP contribution in [0, 0.1) is 0 Å². The zero-order valence-corrected chi connectivity index (χ0v) is 18.8. The van der Waals surface area contributed by atoms with E-state index < -0.39 is 35.8 Å². The Morgan fingerprint density at radius 2 is 1.54 bits per heavy atom. The van der Waals surface area contributed by atoms with Gasteiger partial charge in [0.25, 0.3) is 5.91 Å². The van der Waals surface area contributed by atoms with Crippen LogP contribution in [0.2, 0.25) is 0 Å². The van der Waals surface area contributed by atoms with Crippen LogP contribution in [0.4, 0.5) is 13.2 Å². The average Bonchev–Trinajstić information content (AvgIpc) is 2.87. The fourth-order valence-electron chi connectivity index (χ4n) is 3.29. The number of esters is 1. The van der Waals surface area contributed by atoms with E-state index in [1.165, 1.54) is 0 Å². The number of rotatable bonds is 9. The number of alkyl halides is 3. The van der Waals surface area contributed by atoms with E-state index in [0.29, 0.717) is 17.9 Å². The molecular formula is C26H24F3NO5. The van der Waals surface area contributed by atoms with Gasteiger partial charge in [0, 0.05) is 6.42 Å². The van der Waals surface area contributed by atoms with Crippen molar-refractivity contribution >= 4 is 11.9 Å². The molecule has 6 nitrogen and oxygen atoms in total. The summed E-state index contributed by atoms with van der Waals surface area (Å²) < 4.78 is 48.7. The topological polar surface area (TPSA) is 84.9 Å². The highest BCUT2D eigenvalue weighted by Crippen LogP contribution is 2.30. The molecule has 0 spiro atoms. The van der Waals surface area contributed by atoms with Crippen LogP contribution in [-0.2, 0) is 33.5 Å². The number of carbonyl (C=O) groups is 2. The second kappa shape index (κ2) is 11.5. The van der Waals surface area contributed by atoms with Crippen LogP contribution in [0.25, 0.3) is 0 Å². The standard InChI is InChI=1S/C26H24F3NO5/c1-34-25(33)22(30-24(32)23(31)19-9-11-20(12-10-19)26(27,28)29)15-17-7-13-21(14-8-17)35-16-18-5-3-2-4-6-18/h2-14,22-23,31H,15-16H2,1H3,(H,30,32)/t22-,23-/m1/s1. The predicted molar refractivity (Wildman–Crippen MR) is 121 cm³/mol. The molecule has 0 aromatic heterocycles. The monoisotopic (exact) mass is 487 g/mol. The first-order chi connectivity index (χ1) is 16.7. The second-order valence-electron chi connectivity index (χ2n) is 7.73. The summed E-state index contributed by atoms with van der Waals surface area (Å²) in [6, 6.07) is 19.0. The Hall–Kier alpha value is -3.85. The van der Waals surface area contributed by atoms with Gasteiger partial charge in [-0.25, -0.2) is 4.79 Å². The molecule has 0 saturated carbocycles.